The highest BCUT2D eigenvalue weighted by atomic mass is 32.1. The average molecular weight is 249 g/mol. The number of ether oxygens (including phenoxy) is 1. The monoisotopic (exact) mass is 249 g/mol. The smallest absolute Gasteiger partial charge is 0.184 e. The Labute approximate surface area is 106 Å². The van der Waals surface area contributed by atoms with Crippen molar-refractivity contribution in [1.29, 1.82) is 0 Å². The van der Waals surface area contributed by atoms with Crippen LogP contribution in [0, 0.1) is 0 Å². The lowest BCUT2D eigenvalue weighted by molar-refractivity contribution is 0.138. The maximum absolute atomic E-state index is 5.90. The van der Waals surface area contributed by atoms with E-state index in [2.05, 4.69) is 42.7 Å². The van der Waals surface area contributed by atoms with Gasteiger partial charge in [-0.15, -0.1) is 0 Å². The second-order valence-electron chi connectivity index (χ2n) is 4.61. The molecule has 0 saturated carbocycles. The van der Waals surface area contributed by atoms with Crippen molar-refractivity contribution in [3.63, 3.8) is 0 Å². The molecule has 0 unspecified atom stereocenters. The third-order valence-electron chi connectivity index (χ3n) is 2.50. The zero-order valence-corrected chi connectivity index (χ0v) is 10.7. The largest absolute Gasteiger partial charge is 0.487 e. The lowest BCUT2D eigenvalue weighted by Gasteiger charge is -2.17. The van der Waals surface area contributed by atoms with Crippen LogP contribution in [0.2, 0.25) is 0 Å². The molecule has 0 atom stereocenters. The fraction of sp³-hybridized carbons (Fsp3) is 0.333. The first-order chi connectivity index (χ1) is 7.98. The number of nitrogens with two attached hydrogens (primary N) is 1. The number of fused-ring (bicyclic) bond motifs is 1. The highest BCUT2D eigenvalue weighted by molar-refractivity contribution is 7.80. The second kappa shape index (κ2) is 4.33. The van der Waals surface area contributed by atoms with E-state index in [1.807, 2.05) is 12.1 Å². The van der Waals surface area contributed by atoms with Crippen LogP contribution in [0.15, 0.2) is 23.3 Å². The first-order valence-corrected chi connectivity index (χ1v) is 5.78. The highest BCUT2D eigenvalue weighted by Crippen LogP contribution is 2.36. The van der Waals surface area contributed by atoms with Crippen LogP contribution in [0.3, 0.4) is 0 Å². The Morgan fingerprint density at radius 1 is 1.59 bits per heavy atom. The van der Waals surface area contributed by atoms with Gasteiger partial charge in [-0.05, 0) is 37.7 Å². The quantitative estimate of drug-likeness (QED) is 0.474. The number of nitrogens with zero attached hydrogens (tertiary/aromatic N) is 1. The molecule has 0 spiro atoms. The molecule has 0 saturated heterocycles. The van der Waals surface area contributed by atoms with Gasteiger partial charge in [0.15, 0.2) is 5.11 Å². The van der Waals surface area contributed by atoms with Gasteiger partial charge in [-0.3, -0.25) is 5.43 Å². The van der Waals surface area contributed by atoms with Gasteiger partial charge >= 0.3 is 0 Å². The molecule has 1 aliphatic rings. The van der Waals surface area contributed by atoms with Crippen LogP contribution >= 0.6 is 12.2 Å². The van der Waals surface area contributed by atoms with Gasteiger partial charge in [0.25, 0.3) is 0 Å². The predicted molar refractivity (Wildman–Crippen MR) is 72.4 cm³/mol. The summed E-state index contributed by atoms with van der Waals surface area (Å²) in [5.74, 6) is 0.894. The highest BCUT2D eigenvalue weighted by Gasteiger charge is 2.31. The molecule has 90 valence electrons. The van der Waals surface area contributed by atoms with Gasteiger partial charge in [-0.25, -0.2) is 0 Å². The summed E-state index contributed by atoms with van der Waals surface area (Å²) in [6.45, 7) is 4.14. The summed E-state index contributed by atoms with van der Waals surface area (Å²) in [5.41, 5.74) is 9.80. The molecule has 5 heteroatoms. The van der Waals surface area contributed by atoms with Crippen molar-refractivity contribution < 1.29 is 4.74 Å². The topological polar surface area (TPSA) is 59.6 Å². The van der Waals surface area contributed by atoms with Crippen molar-refractivity contribution in [2.24, 2.45) is 10.8 Å². The Balaban J connectivity index is 2.24. The van der Waals surface area contributed by atoms with Crippen molar-refractivity contribution >= 4 is 23.5 Å². The summed E-state index contributed by atoms with van der Waals surface area (Å²) >= 11 is 4.67. The van der Waals surface area contributed by atoms with Gasteiger partial charge in [0, 0.05) is 12.0 Å². The Hall–Kier alpha value is -1.62. The van der Waals surface area contributed by atoms with Gasteiger partial charge in [0.05, 0.1) is 6.21 Å². The van der Waals surface area contributed by atoms with Crippen molar-refractivity contribution in [3.05, 3.63) is 29.3 Å². The Bertz CT molecular complexity index is 483. The number of nitrogens with one attached hydrogen (secondary N) is 1. The normalized spacial score (nSPS) is 16.6. The first-order valence-electron chi connectivity index (χ1n) is 5.37. The van der Waals surface area contributed by atoms with E-state index < -0.39 is 0 Å². The van der Waals surface area contributed by atoms with Crippen LogP contribution in [-0.4, -0.2) is 16.9 Å². The van der Waals surface area contributed by atoms with Gasteiger partial charge in [0.1, 0.15) is 11.4 Å². The van der Waals surface area contributed by atoms with Gasteiger partial charge in [0.2, 0.25) is 0 Å². The van der Waals surface area contributed by atoms with Crippen LogP contribution in [0.25, 0.3) is 0 Å². The number of hydrogen-bond donors (Lipinski definition) is 2. The SMILES string of the molecule is CC1(C)Cc2cccc(C=NNC(N)=S)c2O1. The van der Waals surface area contributed by atoms with E-state index in [1.54, 1.807) is 6.21 Å². The third kappa shape index (κ3) is 2.74. The Morgan fingerprint density at radius 2 is 2.35 bits per heavy atom. The molecule has 1 heterocycles. The summed E-state index contributed by atoms with van der Waals surface area (Å²) < 4.78 is 5.90. The molecule has 1 aliphatic heterocycles. The molecule has 0 radical (unpaired) electrons. The van der Waals surface area contributed by atoms with Gasteiger partial charge in [-0.1, -0.05) is 12.1 Å². The molecule has 4 nitrogen and oxygen atoms in total. The molecule has 3 N–H and O–H groups in total. The number of benzene rings is 1. The molecular formula is C12H15N3OS. The standard InChI is InChI=1S/C12H15N3OS/c1-12(2)6-8-4-3-5-9(10(8)16-12)7-14-15-11(13)17/h3-5,7H,6H2,1-2H3,(H3,13,15,17). The zero-order chi connectivity index (χ0) is 12.5. The first kappa shape index (κ1) is 11.9. The summed E-state index contributed by atoms with van der Waals surface area (Å²) in [6, 6.07) is 6.01. The molecule has 0 amide bonds. The lowest BCUT2D eigenvalue weighted by atomic mass is 10.0. The van der Waals surface area contributed by atoms with E-state index >= 15 is 0 Å². The maximum Gasteiger partial charge on any atom is 0.184 e. The number of rotatable bonds is 2. The molecule has 0 bridgehead atoms. The van der Waals surface area contributed by atoms with Crippen LogP contribution in [0.5, 0.6) is 5.75 Å². The summed E-state index contributed by atoms with van der Waals surface area (Å²) in [7, 11) is 0. The zero-order valence-electron chi connectivity index (χ0n) is 9.86. The van der Waals surface area contributed by atoms with E-state index in [-0.39, 0.29) is 10.7 Å². The molecule has 0 aromatic heterocycles. The molecule has 17 heavy (non-hydrogen) atoms. The maximum atomic E-state index is 5.90. The molecular weight excluding hydrogens is 234 g/mol. The second-order valence-corrected chi connectivity index (χ2v) is 5.05. The minimum Gasteiger partial charge on any atom is -0.487 e. The van der Waals surface area contributed by atoms with Crippen molar-refractivity contribution in [2.75, 3.05) is 0 Å². The Morgan fingerprint density at radius 3 is 3.06 bits per heavy atom. The van der Waals surface area contributed by atoms with Crippen molar-refractivity contribution in [1.82, 2.24) is 5.43 Å². The molecule has 0 aliphatic carbocycles. The van der Waals surface area contributed by atoms with E-state index in [0.717, 1.165) is 17.7 Å². The summed E-state index contributed by atoms with van der Waals surface area (Å²) in [6.07, 6.45) is 2.58. The van der Waals surface area contributed by atoms with Crippen molar-refractivity contribution in [2.45, 2.75) is 25.9 Å². The van der Waals surface area contributed by atoms with E-state index in [0.29, 0.717) is 0 Å². The fourth-order valence-corrected chi connectivity index (χ4v) is 1.96. The van der Waals surface area contributed by atoms with E-state index in [4.69, 9.17) is 10.5 Å². The molecule has 2 rings (SSSR count). The lowest BCUT2D eigenvalue weighted by Crippen LogP contribution is -2.25. The van der Waals surface area contributed by atoms with E-state index in [1.165, 1.54) is 5.56 Å². The predicted octanol–water partition coefficient (Wildman–Crippen LogP) is 1.57. The number of hydrogen-bond acceptors (Lipinski definition) is 3. The third-order valence-corrected chi connectivity index (χ3v) is 2.59. The van der Waals surface area contributed by atoms with Gasteiger partial charge < -0.3 is 10.5 Å². The minimum absolute atomic E-state index is 0.148. The average Bonchev–Trinajstić information content (AvgIpc) is 2.52. The van der Waals surface area contributed by atoms with Crippen LogP contribution in [0.1, 0.15) is 25.0 Å². The van der Waals surface area contributed by atoms with E-state index in [9.17, 15) is 0 Å². The number of hydrazone groups is 1. The molecule has 1 aromatic rings. The molecule has 1 aromatic carbocycles. The minimum atomic E-state index is -0.150. The number of para-hydroxylation sites is 1. The fourth-order valence-electron chi connectivity index (χ4n) is 1.91. The van der Waals surface area contributed by atoms with Crippen LogP contribution in [-0.2, 0) is 6.42 Å². The van der Waals surface area contributed by atoms with Crippen molar-refractivity contribution in [3.8, 4) is 5.75 Å². The number of thiocarbonyl (C=S) groups is 1. The Kier molecular flexibility index (Phi) is 3.02. The van der Waals surface area contributed by atoms with Crippen LogP contribution < -0.4 is 15.9 Å². The summed E-state index contributed by atoms with van der Waals surface area (Å²) in [5, 5.41) is 4.09. The molecule has 0 fully saturated rings. The summed E-state index contributed by atoms with van der Waals surface area (Å²) in [4.78, 5) is 0. The van der Waals surface area contributed by atoms with Crippen LogP contribution in [0.4, 0.5) is 0 Å². The van der Waals surface area contributed by atoms with Gasteiger partial charge in [-0.2, -0.15) is 5.10 Å².